The zero-order chi connectivity index (χ0) is 19.3. The molecule has 0 bridgehead atoms. The zero-order valence-electron chi connectivity index (χ0n) is 17.1. The number of ether oxygens (including phenoxy) is 1. The molecule has 0 saturated heterocycles. The molecule has 0 aromatic carbocycles. The second-order valence-electron chi connectivity index (χ2n) is 6.34. The van der Waals surface area contributed by atoms with Crippen molar-refractivity contribution in [3.63, 3.8) is 0 Å². The number of furan rings is 1. The maximum atomic E-state index is 5.58. The van der Waals surface area contributed by atoms with Gasteiger partial charge in [0.25, 0.3) is 0 Å². The van der Waals surface area contributed by atoms with Gasteiger partial charge in [-0.15, -0.1) is 24.0 Å². The molecule has 2 heterocycles. The van der Waals surface area contributed by atoms with Crippen LogP contribution in [0.5, 0.6) is 0 Å². The number of guanidine groups is 1. The number of rotatable bonds is 12. The Morgan fingerprint density at radius 2 is 2.04 bits per heavy atom. The number of halogens is 1. The Labute approximate surface area is 184 Å². The minimum Gasteiger partial charge on any atom is -0.467 e. The summed E-state index contributed by atoms with van der Waals surface area (Å²) in [5, 5.41) is 10.7. The van der Waals surface area contributed by atoms with Gasteiger partial charge in [-0.2, -0.15) is 0 Å². The molecule has 8 heteroatoms. The lowest BCUT2D eigenvalue weighted by Crippen LogP contribution is -2.38. The molecule has 2 rings (SSSR count). The predicted molar refractivity (Wildman–Crippen MR) is 121 cm³/mol. The van der Waals surface area contributed by atoms with E-state index in [0.29, 0.717) is 25.7 Å². The van der Waals surface area contributed by atoms with Gasteiger partial charge in [-0.3, -0.25) is 0 Å². The molecule has 0 aliphatic heterocycles. The highest BCUT2D eigenvalue weighted by Gasteiger charge is 2.12. The molecular weight excluding hydrogens is 471 g/mol. The van der Waals surface area contributed by atoms with Crippen molar-refractivity contribution < 1.29 is 13.7 Å². The van der Waals surface area contributed by atoms with Crippen LogP contribution in [0.4, 0.5) is 0 Å². The van der Waals surface area contributed by atoms with E-state index >= 15 is 0 Å². The molecule has 0 radical (unpaired) electrons. The van der Waals surface area contributed by atoms with E-state index in [1.165, 1.54) is 0 Å². The number of hydrogen-bond donors (Lipinski definition) is 2. The first kappa shape index (κ1) is 24.5. The standard InChI is InChI=1S/C20H32N4O3.HI/c1-4-16(5-2)19-13-18(27-24-19)14-23-20(21-6-3)22-10-8-11-25-15-17-9-7-12-26-17;/h7,9,12-13,16H,4-6,8,10-11,14-15H2,1-3H3,(H2,21,22,23);1H. The summed E-state index contributed by atoms with van der Waals surface area (Å²) < 4.78 is 16.2. The average molecular weight is 504 g/mol. The van der Waals surface area contributed by atoms with Crippen LogP contribution in [-0.4, -0.2) is 30.8 Å². The molecule has 2 aromatic heterocycles. The van der Waals surface area contributed by atoms with E-state index in [0.717, 1.165) is 55.5 Å². The first-order chi connectivity index (χ1) is 13.3. The zero-order valence-corrected chi connectivity index (χ0v) is 19.4. The lowest BCUT2D eigenvalue weighted by Gasteiger charge is -2.10. The fraction of sp³-hybridized carbons (Fsp3) is 0.600. The van der Waals surface area contributed by atoms with Gasteiger partial charge >= 0.3 is 0 Å². The van der Waals surface area contributed by atoms with Crippen molar-refractivity contribution in [2.24, 2.45) is 4.99 Å². The van der Waals surface area contributed by atoms with E-state index in [1.807, 2.05) is 25.1 Å². The predicted octanol–water partition coefficient (Wildman–Crippen LogP) is 4.45. The Balaban J connectivity index is 0.00000392. The van der Waals surface area contributed by atoms with Crippen LogP contribution in [-0.2, 0) is 17.9 Å². The van der Waals surface area contributed by atoms with E-state index in [-0.39, 0.29) is 24.0 Å². The summed E-state index contributed by atoms with van der Waals surface area (Å²) in [5.74, 6) is 2.86. The van der Waals surface area contributed by atoms with Crippen molar-refractivity contribution in [1.29, 1.82) is 0 Å². The Morgan fingerprint density at radius 1 is 1.21 bits per heavy atom. The Morgan fingerprint density at radius 3 is 2.71 bits per heavy atom. The largest absolute Gasteiger partial charge is 0.467 e. The quantitative estimate of drug-likeness (QED) is 0.192. The second kappa shape index (κ2) is 14.4. The van der Waals surface area contributed by atoms with Gasteiger partial charge in [-0.25, -0.2) is 4.99 Å². The van der Waals surface area contributed by atoms with Crippen molar-refractivity contribution in [2.75, 3.05) is 19.7 Å². The number of nitrogens with one attached hydrogen (secondary N) is 2. The SMILES string of the molecule is CCNC(=NCc1cc(C(CC)CC)no1)NCCCOCc1ccco1.I. The van der Waals surface area contributed by atoms with Crippen molar-refractivity contribution >= 4 is 29.9 Å². The lowest BCUT2D eigenvalue weighted by molar-refractivity contribution is 0.105. The van der Waals surface area contributed by atoms with Crippen LogP contribution in [0.2, 0.25) is 0 Å². The molecule has 0 saturated carbocycles. The first-order valence-corrected chi connectivity index (χ1v) is 9.84. The van der Waals surface area contributed by atoms with Crippen LogP contribution >= 0.6 is 24.0 Å². The number of aliphatic imine (C=N–C) groups is 1. The maximum Gasteiger partial charge on any atom is 0.191 e. The van der Waals surface area contributed by atoms with Gasteiger partial charge in [0.15, 0.2) is 11.7 Å². The van der Waals surface area contributed by atoms with E-state index in [1.54, 1.807) is 6.26 Å². The normalized spacial score (nSPS) is 11.5. The molecule has 0 fully saturated rings. The molecule has 0 unspecified atom stereocenters. The average Bonchev–Trinajstić information content (AvgIpc) is 3.36. The number of aromatic nitrogens is 1. The van der Waals surface area contributed by atoms with Gasteiger partial charge in [-0.05, 0) is 38.3 Å². The Kier molecular flexibility index (Phi) is 12.6. The summed E-state index contributed by atoms with van der Waals surface area (Å²) in [6.07, 6.45) is 4.67. The molecule has 0 amide bonds. The summed E-state index contributed by atoms with van der Waals surface area (Å²) in [4.78, 5) is 4.57. The van der Waals surface area contributed by atoms with Crippen molar-refractivity contribution in [3.8, 4) is 0 Å². The fourth-order valence-electron chi connectivity index (χ4n) is 2.75. The molecule has 2 N–H and O–H groups in total. The summed E-state index contributed by atoms with van der Waals surface area (Å²) in [7, 11) is 0. The van der Waals surface area contributed by atoms with E-state index < -0.39 is 0 Å². The third-order valence-corrected chi connectivity index (χ3v) is 4.30. The van der Waals surface area contributed by atoms with Gasteiger partial charge in [0, 0.05) is 31.7 Å². The van der Waals surface area contributed by atoms with Crippen molar-refractivity contribution in [1.82, 2.24) is 15.8 Å². The van der Waals surface area contributed by atoms with Crippen LogP contribution in [0.1, 0.15) is 63.2 Å². The van der Waals surface area contributed by atoms with Gasteiger partial charge in [0.1, 0.15) is 18.9 Å². The van der Waals surface area contributed by atoms with Crippen LogP contribution in [0.3, 0.4) is 0 Å². The minimum atomic E-state index is 0. The second-order valence-corrected chi connectivity index (χ2v) is 6.34. The van der Waals surface area contributed by atoms with Crippen molar-refractivity contribution in [3.05, 3.63) is 41.7 Å². The number of hydrogen-bond acceptors (Lipinski definition) is 5. The molecule has 28 heavy (non-hydrogen) atoms. The highest BCUT2D eigenvalue weighted by Crippen LogP contribution is 2.22. The van der Waals surface area contributed by atoms with Gasteiger partial charge < -0.3 is 24.3 Å². The molecule has 158 valence electrons. The summed E-state index contributed by atoms with van der Waals surface area (Å²) in [6, 6.07) is 5.79. The van der Waals surface area contributed by atoms with E-state index in [4.69, 9.17) is 13.7 Å². The van der Waals surface area contributed by atoms with Crippen LogP contribution in [0.15, 0.2) is 38.4 Å². The van der Waals surface area contributed by atoms with Crippen LogP contribution in [0, 0.1) is 0 Å². The monoisotopic (exact) mass is 504 g/mol. The molecule has 0 aliphatic rings. The third kappa shape index (κ3) is 8.64. The van der Waals surface area contributed by atoms with E-state index in [9.17, 15) is 0 Å². The topological polar surface area (TPSA) is 84.8 Å². The van der Waals surface area contributed by atoms with Gasteiger partial charge in [0.2, 0.25) is 0 Å². The fourth-order valence-corrected chi connectivity index (χ4v) is 2.75. The molecule has 0 atom stereocenters. The van der Waals surface area contributed by atoms with Gasteiger partial charge in [0.05, 0.1) is 12.0 Å². The lowest BCUT2D eigenvalue weighted by atomic mass is 9.99. The third-order valence-electron chi connectivity index (χ3n) is 4.30. The van der Waals surface area contributed by atoms with Crippen LogP contribution < -0.4 is 10.6 Å². The minimum absolute atomic E-state index is 0. The van der Waals surface area contributed by atoms with Crippen LogP contribution in [0.25, 0.3) is 0 Å². The molecule has 2 aromatic rings. The highest BCUT2D eigenvalue weighted by molar-refractivity contribution is 14.0. The first-order valence-electron chi connectivity index (χ1n) is 9.84. The Hall–Kier alpha value is -1.55. The highest BCUT2D eigenvalue weighted by atomic mass is 127. The number of nitrogens with zero attached hydrogens (tertiary/aromatic N) is 2. The molecule has 0 aliphatic carbocycles. The summed E-state index contributed by atoms with van der Waals surface area (Å²) >= 11 is 0. The van der Waals surface area contributed by atoms with Crippen molar-refractivity contribution in [2.45, 2.75) is 59.1 Å². The Bertz CT molecular complexity index is 654. The van der Waals surface area contributed by atoms with Gasteiger partial charge in [-0.1, -0.05) is 19.0 Å². The maximum absolute atomic E-state index is 5.58. The smallest absolute Gasteiger partial charge is 0.191 e. The molecular formula is C20H33IN4O3. The summed E-state index contributed by atoms with van der Waals surface area (Å²) in [6.45, 7) is 9.61. The summed E-state index contributed by atoms with van der Waals surface area (Å²) in [5.41, 5.74) is 1.02. The van der Waals surface area contributed by atoms with E-state index in [2.05, 4.69) is 34.6 Å². The molecule has 0 spiro atoms. The molecule has 7 nitrogen and oxygen atoms in total.